The van der Waals surface area contributed by atoms with Gasteiger partial charge in [0.05, 0.1) is 21.3 Å². The van der Waals surface area contributed by atoms with E-state index in [4.69, 9.17) is 14.2 Å². The van der Waals surface area contributed by atoms with E-state index in [1.165, 1.54) is 0 Å². The zero-order valence-corrected chi connectivity index (χ0v) is 17.3. The molecule has 1 aliphatic rings. The van der Waals surface area contributed by atoms with Crippen molar-refractivity contribution in [2.24, 2.45) is 0 Å². The van der Waals surface area contributed by atoms with E-state index in [0.29, 0.717) is 28.6 Å². The highest BCUT2D eigenvalue weighted by molar-refractivity contribution is 6.11. The molecule has 7 nitrogen and oxygen atoms in total. The molecule has 0 spiro atoms. The number of rotatable bonds is 6. The van der Waals surface area contributed by atoms with Crippen LogP contribution in [0.15, 0.2) is 54.7 Å². The lowest BCUT2D eigenvalue weighted by molar-refractivity contribution is 0.0992. The van der Waals surface area contributed by atoms with Crippen LogP contribution < -0.4 is 24.4 Å². The third kappa shape index (κ3) is 3.28. The van der Waals surface area contributed by atoms with Crippen LogP contribution in [-0.4, -0.2) is 32.2 Å². The summed E-state index contributed by atoms with van der Waals surface area (Å²) in [7, 11) is 4.69. The first kappa shape index (κ1) is 19.6. The van der Waals surface area contributed by atoms with Crippen molar-refractivity contribution in [1.82, 2.24) is 4.98 Å². The van der Waals surface area contributed by atoms with Crippen molar-refractivity contribution in [1.29, 1.82) is 0 Å². The summed E-state index contributed by atoms with van der Waals surface area (Å²) in [5.41, 5.74) is 3.26. The van der Waals surface area contributed by atoms with Gasteiger partial charge in [0.25, 0.3) is 5.91 Å². The summed E-state index contributed by atoms with van der Waals surface area (Å²) in [5.74, 6) is 2.03. The molecule has 0 aliphatic carbocycles. The van der Waals surface area contributed by atoms with Crippen LogP contribution in [0.4, 0.5) is 11.5 Å². The Labute approximate surface area is 175 Å². The standard InChI is InChI=1S/C23H23N3O4/c1-14-9-10-20(24-13-14)26-22(16-7-5-6-8-17(16)23(26)27)25-15-11-18(28-2)21(30-4)19(12-15)29-3/h5-13,22,25H,1-4H3/t22-/m1/s1. The number of nitrogens with zero attached hydrogens (tertiary/aromatic N) is 2. The molecule has 4 rings (SSSR count). The van der Waals surface area contributed by atoms with Gasteiger partial charge >= 0.3 is 0 Å². The molecule has 2 heterocycles. The van der Waals surface area contributed by atoms with Gasteiger partial charge in [-0.1, -0.05) is 24.3 Å². The van der Waals surface area contributed by atoms with Gasteiger partial charge in [0.15, 0.2) is 11.5 Å². The number of aryl methyl sites for hydroxylation is 1. The SMILES string of the molecule is COc1cc(N[C@H]2c3ccccc3C(=O)N2c2ccc(C)cn2)cc(OC)c1OC. The molecular formula is C23H23N3O4. The minimum Gasteiger partial charge on any atom is -0.493 e. The van der Waals surface area contributed by atoms with Crippen molar-refractivity contribution in [3.63, 3.8) is 0 Å². The molecule has 30 heavy (non-hydrogen) atoms. The van der Waals surface area contributed by atoms with E-state index in [-0.39, 0.29) is 5.91 Å². The molecule has 1 amide bonds. The Morgan fingerprint density at radius 2 is 1.67 bits per heavy atom. The van der Waals surface area contributed by atoms with Crippen molar-refractivity contribution in [3.05, 3.63) is 71.4 Å². The minimum atomic E-state index is -0.438. The maximum atomic E-state index is 13.2. The van der Waals surface area contributed by atoms with Gasteiger partial charge in [-0.15, -0.1) is 0 Å². The fraction of sp³-hybridized carbons (Fsp3) is 0.217. The number of methoxy groups -OCH3 is 3. The third-order valence-electron chi connectivity index (χ3n) is 5.07. The normalized spacial score (nSPS) is 15.0. The summed E-state index contributed by atoms with van der Waals surface area (Å²) >= 11 is 0. The number of hydrogen-bond acceptors (Lipinski definition) is 6. The third-order valence-corrected chi connectivity index (χ3v) is 5.07. The molecule has 154 valence electrons. The first-order valence-corrected chi connectivity index (χ1v) is 9.49. The highest BCUT2D eigenvalue weighted by Crippen LogP contribution is 2.43. The van der Waals surface area contributed by atoms with Crippen molar-refractivity contribution in [3.8, 4) is 17.2 Å². The fourth-order valence-corrected chi connectivity index (χ4v) is 3.62. The summed E-state index contributed by atoms with van der Waals surface area (Å²) in [6.45, 7) is 1.96. The topological polar surface area (TPSA) is 72.9 Å². The Balaban J connectivity index is 1.79. The molecule has 0 saturated carbocycles. The summed E-state index contributed by atoms with van der Waals surface area (Å²) in [4.78, 5) is 19.3. The molecule has 0 radical (unpaired) electrons. The summed E-state index contributed by atoms with van der Waals surface area (Å²) in [6.07, 6.45) is 1.31. The zero-order valence-electron chi connectivity index (χ0n) is 17.3. The van der Waals surface area contributed by atoms with Crippen molar-refractivity contribution < 1.29 is 19.0 Å². The van der Waals surface area contributed by atoms with Crippen LogP contribution in [0.2, 0.25) is 0 Å². The van der Waals surface area contributed by atoms with Crippen LogP contribution in [0.25, 0.3) is 0 Å². The molecule has 1 N–H and O–H groups in total. The van der Waals surface area contributed by atoms with Crippen LogP contribution in [0, 0.1) is 6.92 Å². The van der Waals surface area contributed by atoms with E-state index < -0.39 is 6.17 Å². The molecule has 0 bridgehead atoms. The van der Waals surface area contributed by atoms with E-state index in [1.54, 1.807) is 32.4 Å². The number of hydrogen-bond donors (Lipinski definition) is 1. The summed E-state index contributed by atoms with van der Waals surface area (Å²) in [5, 5.41) is 3.44. The number of nitrogens with one attached hydrogen (secondary N) is 1. The molecule has 0 unspecified atom stereocenters. The van der Waals surface area contributed by atoms with Crippen LogP contribution in [0.3, 0.4) is 0 Å². The summed E-state index contributed by atoms with van der Waals surface area (Å²) < 4.78 is 16.3. The molecule has 1 aromatic heterocycles. The molecule has 1 aliphatic heterocycles. The number of benzene rings is 2. The minimum absolute atomic E-state index is 0.105. The number of carbonyl (C=O) groups excluding carboxylic acids is 1. The predicted molar refractivity (Wildman–Crippen MR) is 115 cm³/mol. The monoisotopic (exact) mass is 405 g/mol. The van der Waals surface area contributed by atoms with Gasteiger partial charge in [-0.3, -0.25) is 9.69 Å². The quantitative estimate of drug-likeness (QED) is 0.663. The second-order valence-electron chi connectivity index (χ2n) is 6.92. The Morgan fingerprint density at radius 1 is 0.967 bits per heavy atom. The molecule has 3 aromatic rings. The summed E-state index contributed by atoms with van der Waals surface area (Å²) in [6, 6.07) is 15.0. The van der Waals surface area contributed by atoms with Gasteiger partial charge in [0.1, 0.15) is 12.0 Å². The highest BCUT2D eigenvalue weighted by atomic mass is 16.5. The highest BCUT2D eigenvalue weighted by Gasteiger charge is 2.38. The molecular weight excluding hydrogens is 382 g/mol. The number of amides is 1. The Morgan fingerprint density at radius 3 is 2.27 bits per heavy atom. The van der Waals surface area contributed by atoms with Crippen LogP contribution in [0.5, 0.6) is 17.2 Å². The van der Waals surface area contributed by atoms with Crippen LogP contribution >= 0.6 is 0 Å². The number of aromatic nitrogens is 1. The maximum absolute atomic E-state index is 13.2. The molecule has 7 heteroatoms. The first-order chi connectivity index (χ1) is 14.6. The van der Waals surface area contributed by atoms with Crippen molar-refractivity contribution >= 4 is 17.4 Å². The van der Waals surface area contributed by atoms with E-state index in [9.17, 15) is 4.79 Å². The number of pyridine rings is 1. The number of anilines is 2. The Hall–Kier alpha value is -3.74. The van der Waals surface area contributed by atoms with Crippen LogP contribution in [-0.2, 0) is 0 Å². The Kier molecular flexibility index (Phi) is 5.18. The van der Waals surface area contributed by atoms with Gasteiger partial charge in [0, 0.05) is 35.1 Å². The van der Waals surface area contributed by atoms with Gasteiger partial charge in [-0.25, -0.2) is 4.98 Å². The average Bonchev–Trinajstić information content (AvgIpc) is 3.05. The smallest absolute Gasteiger partial charge is 0.261 e. The van der Waals surface area contributed by atoms with Gasteiger partial charge in [0.2, 0.25) is 5.75 Å². The maximum Gasteiger partial charge on any atom is 0.261 e. The zero-order chi connectivity index (χ0) is 21.3. The second-order valence-corrected chi connectivity index (χ2v) is 6.92. The fourth-order valence-electron chi connectivity index (χ4n) is 3.62. The molecule has 1 atom stereocenters. The van der Waals surface area contributed by atoms with Crippen LogP contribution in [0.1, 0.15) is 27.7 Å². The lowest BCUT2D eigenvalue weighted by atomic mass is 10.1. The van der Waals surface area contributed by atoms with E-state index in [1.807, 2.05) is 55.5 Å². The second kappa shape index (κ2) is 7.94. The largest absolute Gasteiger partial charge is 0.493 e. The van der Waals surface area contributed by atoms with E-state index >= 15 is 0 Å². The molecule has 0 fully saturated rings. The number of carbonyl (C=O) groups is 1. The Bertz CT molecular complexity index is 1060. The van der Waals surface area contributed by atoms with Crippen molar-refractivity contribution in [2.45, 2.75) is 13.1 Å². The first-order valence-electron chi connectivity index (χ1n) is 9.49. The number of ether oxygens (including phenoxy) is 3. The van der Waals surface area contributed by atoms with E-state index in [2.05, 4.69) is 10.3 Å². The molecule has 0 saturated heterocycles. The van der Waals surface area contributed by atoms with Gasteiger partial charge in [-0.05, 0) is 24.6 Å². The van der Waals surface area contributed by atoms with Crippen molar-refractivity contribution in [2.75, 3.05) is 31.5 Å². The number of fused-ring (bicyclic) bond motifs is 1. The van der Waals surface area contributed by atoms with Gasteiger partial charge < -0.3 is 19.5 Å². The lowest BCUT2D eigenvalue weighted by Gasteiger charge is -2.27. The van der Waals surface area contributed by atoms with Gasteiger partial charge in [-0.2, -0.15) is 0 Å². The predicted octanol–water partition coefficient (Wildman–Crippen LogP) is 4.19. The average molecular weight is 405 g/mol. The van der Waals surface area contributed by atoms with E-state index in [0.717, 1.165) is 16.8 Å². The molecule has 2 aromatic carbocycles. The lowest BCUT2D eigenvalue weighted by Crippen LogP contribution is -2.33.